The largest absolute Gasteiger partial charge is 0.381 e. The minimum Gasteiger partial charge on any atom is -0.381 e. The van der Waals surface area contributed by atoms with Crippen molar-refractivity contribution in [2.75, 3.05) is 45.1 Å². The Morgan fingerprint density at radius 3 is 2.50 bits per heavy atom. The van der Waals surface area contributed by atoms with Gasteiger partial charge < -0.3 is 15.0 Å². The van der Waals surface area contributed by atoms with Gasteiger partial charge in [-0.05, 0) is 51.7 Å². The van der Waals surface area contributed by atoms with E-state index in [1.807, 2.05) is 20.8 Å². The van der Waals surface area contributed by atoms with Crippen molar-refractivity contribution in [2.45, 2.75) is 50.7 Å². The zero-order valence-electron chi connectivity index (χ0n) is 18.6. The lowest BCUT2D eigenvalue weighted by Gasteiger charge is -2.40. The van der Waals surface area contributed by atoms with Gasteiger partial charge in [-0.25, -0.2) is 8.42 Å². The van der Waals surface area contributed by atoms with Crippen LogP contribution in [0.25, 0.3) is 0 Å². The highest BCUT2D eigenvalue weighted by Crippen LogP contribution is 2.37. The Kier molecular flexibility index (Phi) is 8.60. The van der Waals surface area contributed by atoms with Crippen LogP contribution in [0.3, 0.4) is 0 Å². The maximum absolute atomic E-state index is 12.4. The molecule has 1 aromatic rings. The second-order valence-corrected chi connectivity index (χ2v) is 11.6. The molecular weight excluding hydrogens is 513 g/mol. The molecule has 0 saturated carbocycles. The van der Waals surface area contributed by atoms with Gasteiger partial charge in [0.25, 0.3) is 0 Å². The summed E-state index contributed by atoms with van der Waals surface area (Å²) in [5.74, 6) is 0.983. The van der Waals surface area contributed by atoms with Crippen LogP contribution in [-0.4, -0.2) is 69.2 Å². The van der Waals surface area contributed by atoms with Crippen molar-refractivity contribution in [1.82, 2.24) is 10.2 Å². The van der Waals surface area contributed by atoms with E-state index >= 15 is 0 Å². The topological polar surface area (TPSA) is 71.0 Å². The van der Waals surface area contributed by atoms with Gasteiger partial charge in [-0.1, -0.05) is 24.3 Å². The maximum Gasteiger partial charge on any atom is 0.194 e. The fourth-order valence-corrected chi connectivity index (χ4v) is 5.79. The number of ether oxygens (including phenoxy) is 1. The molecule has 0 unspecified atom stereocenters. The zero-order valence-corrected chi connectivity index (χ0v) is 21.8. The molecule has 1 N–H and O–H groups in total. The molecule has 3 rings (SSSR count). The zero-order chi connectivity index (χ0) is 21.1. The number of aliphatic imine (C=N–C) groups is 1. The summed E-state index contributed by atoms with van der Waals surface area (Å²) in [6.45, 7) is 11.7. The predicted octanol–water partition coefficient (Wildman–Crippen LogP) is 3.14. The highest BCUT2D eigenvalue weighted by atomic mass is 127. The molecule has 0 atom stereocenters. The molecule has 2 aliphatic heterocycles. The first-order chi connectivity index (χ1) is 13.7. The van der Waals surface area contributed by atoms with Crippen LogP contribution in [0.2, 0.25) is 0 Å². The van der Waals surface area contributed by atoms with Crippen molar-refractivity contribution in [3.8, 4) is 0 Å². The molecule has 1 aromatic carbocycles. The van der Waals surface area contributed by atoms with Crippen LogP contribution < -0.4 is 5.32 Å². The number of hydrogen-bond donors (Lipinski definition) is 1. The van der Waals surface area contributed by atoms with E-state index in [-0.39, 0.29) is 35.1 Å². The fourth-order valence-electron chi connectivity index (χ4n) is 4.42. The quantitative estimate of drug-likeness (QED) is 0.355. The van der Waals surface area contributed by atoms with E-state index in [4.69, 9.17) is 9.73 Å². The summed E-state index contributed by atoms with van der Waals surface area (Å²) in [5, 5.41) is 3.39. The first kappa shape index (κ1) is 25.4. The van der Waals surface area contributed by atoms with E-state index in [0.717, 1.165) is 38.6 Å². The van der Waals surface area contributed by atoms with Gasteiger partial charge in [0.15, 0.2) is 15.8 Å². The number of benzene rings is 1. The monoisotopic (exact) mass is 549 g/mol. The smallest absolute Gasteiger partial charge is 0.194 e. The van der Waals surface area contributed by atoms with Crippen LogP contribution in [-0.2, 0) is 20.0 Å². The third-order valence-electron chi connectivity index (χ3n) is 6.38. The van der Waals surface area contributed by atoms with Crippen LogP contribution in [0.4, 0.5) is 0 Å². The van der Waals surface area contributed by atoms with Crippen LogP contribution in [0.5, 0.6) is 0 Å². The maximum atomic E-state index is 12.4. The molecule has 0 radical (unpaired) electrons. The highest BCUT2D eigenvalue weighted by Gasteiger charge is 2.41. The second-order valence-electron chi connectivity index (χ2n) is 8.88. The molecule has 30 heavy (non-hydrogen) atoms. The van der Waals surface area contributed by atoms with Crippen molar-refractivity contribution >= 4 is 39.8 Å². The number of hydrogen-bond acceptors (Lipinski definition) is 4. The number of nitrogens with zero attached hydrogens (tertiary/aromatic N) is 2. The molecule has 8 heteroatoms. The van der Waals surface area contributed by atoms with Gasteiger partial charge in [-0.15, -0.1) is 24.0 Å². The molecular formula is C22H36IN3O3S. The predicted molar refractivity (Wildman–Crippen MR) is 134 cm³/mol. The van der Waals surface area contributed by atoms with Crippen LogP contribution in [0.1, 0.15) is 44.7 Å². The Bertz CT molecular complexity index is 849. The van der Waals surface area contributed by atoms with E-state index < -0.39 is 14.6 Å². The van der Waals surface area contributed by atoms with E-state index in [1.165, 1.54) is 11.1 Å². The van der Waals surface area contributed by atoms with Crippen molar-refractivity contribution < 1.29 is 13.2 Å². The highest BCUT2D eigenvalue weighted by molar-refractivity contribution is 14.0. The third kappa shape index (κ3) is 5.30. The van der Waals surface area contributed by atoms with Gasteiger partial charge in [-0.2, -0.15) is 0 Å². The van der Waals surface area contributed by atoms with Crippen molar-refractivity contribution in [2.24, 2.45) is 4.99 Å². The van der Waals surface area contributed by atoms with Gasteiger partial charge >= 0.3 is 0 Å². The Morgan fingerprint density at radius 2 is 1.90 bits per heavy atom. The Balaban J connectivity index is 0.00000320. The molecule has 2 aliphatic rings. The summed E-state index contributed by atoms with van der Waals surface area (Å²) in [5.41, 5.74) is 2.60. The SMILES string of the molecule is CCNC(=NCC1(c2ccccc2C)CCOCC1)N1CCS(=O)(=O)C(C)(C)C1.I. The summed E-state index contributed by atoms with van der Waals surface area (Å²) in [6, 6.07) is 8.57. The van der Waals surface area contributed by atoms with Gasteiger partial charge in [0.2, 0.25) is 0 Å². The Labute approximate surface area is 198 Å². The number of guanidine groups is 1. The number of halogens is 1. The van der Waals surface area contributed by atoms with Gasteiger partial charge in [-0.3, -0.25) is 4.99 Å². The number of nitrogens with one attached hydrogen (secondary N) is 1. The van der Waals surface area contributed by atoms with E-state index in [1.54, 1.807) is 0 Å². The minimum absolute atomic E-state index is 0. The minimum atomic E-state index is -3.08. The second kappa shape index (κ2) is 10.2. The Hall–Kier alpha value is -0.870. The number of aryl methyl sites for hydroxylation is 1. The standard InChI is InChI=1S/C22H35N3O3S.HI/c1-5-23-20(25-12-15-29(26,27)21(3,4)17-25)24-16-22(10-13-28-14-11-22)19-9-7-6-8-18(19)2;/h6-9H,5,10-17H2,1-4H3,(H,23,24);1H. The number of rotatable bonds is 4. The lowest BCUT2D eigenvalue weighted by molar-refractivity contribution is 0.0528. The number of sulfone groups is 1. The average molecular weight is 550 g/mol. The van der Waals surface area contributed by atoms with Crippen LogP contribution >= 0.6 is 24.0 Å². The lowest BCUT2D eigenvalue weighted by Crippen LogP contribution is -2.57. The normalized spacial score (nSPS) is 22.8. The van der Waals surface area contributed by atoms with Crippen molar-refractivity contribution in [3.05, 3.63) is 35.4 Å². The summed E-state index contributed by atoms with van der Waals surface area (Å²) in [7, 11) is -3.08. The fraction of sp³-hybridized carbons (Fsp3) is 0.682. The molecule has 2 fully saturated rings. The van der Waals surface area contributed by atoms with E-state index in [0.29, 0.717) is 19.6 Å². The van der Waals surface area contributed by atoms with Gasteiger partial charge in [0, 0.05) is 38.3 Å². The molecule has 0 aliphatic carbocycles. The first-order valence-corrected chi connectivity index (χ1v) is 12.3. The summed E-state index contributed by atoms with van der Waals surface area (Å²) >= 11 is 0. The summed E-state index contributed by atoms with van der Waals surface area (Å²) < 4.78 is 29.7. The first-order valence-electron chi connectivity index (χ1n) is 10.6. The lowest BCUT2D eigenvalue weighted by atomic mass is 9.72. The third-order valence-corrected chi connectivity index (χ3v) is 8.91. The molecule has 0 bridgehead atoms. The average Bonchev–Trinajstić information content (AvgIpc) is 2.68. The van der Waals surface area contributed by atoms with Crippen LogP contribution in [0, 0.1) is 6.92 Å². The molecule has 170 valence electrons. The summed E-state index contributed by atoms with van der Waals surface area (Å²) in [4.78, 5) is 7.15. The van der Waals surface area contributed by atoms with Gasteiger partial charge in [0.05, 0.1) is 17.0 Å². The molecule has 0 spiro atoms. The molecule has 0 amide bonds. The molecule has 6 nitrogen and oxygen atoms in total. The Morgan fingerprint density at radius 1 is 1.23 bits per heavy atom. The van der Waals surface area contributed by atoms with E-state index in [9.17, 15) is 8.42 Å². The van der Waals surface area contributed by atoms with Crippen LogP contribution in [0.15, 0.2) is 29.3 Å². The van der Waals surface area contributed by atoms with E-state index in [2.05, 4.69) is 41.4 Å². The molecule has 2 heterocycles. The van der Waals surface area contributed by atoms with Crippen molar-refractivity contribution in [3.63, 3.8) is 0 Å². The molecule has 0 aromatic heterocycles. The van der Waals surface area contributed by atoms with Crippen molar-refractivity contribution in [1.29, 1.82) is 0 Å². The molecule has 2 saturated heterocycles. The summed E-state index contributed by atoms with van der Waals surface area (Å²) in [6.07, 6.45) is 1.89. The van der Waals surface area contributed by atoms with Gasteiger partial charge in [0.1, 0.15) is 0 Å².